The summed E-state index contributed by atoms with van der Waals surface area (Å²) in [6.45, 7) is 0.380. The van der Waals surface area contributed by atoms with Crippen molar-refractivity contribution in [2.24, 2.45) is 0 Å². The zero-order valence-corrected chi connectivity index (χ0v) is 11.7. The van der Waals surface area contributed by atoms with Crippen LogP contribution in [0.4, 0.5) is 5.69 Å². The van der Waals surface area contributed by atoms with E-state index >= 15 is 0 Å². The van der Waals surface area contributed by atoms with Gasteiger partial charge in [0.15, 0.2) is 0 Å². The molecule has 0 aliphatic heterocycles. The smallest absolute Gasteiger partial charge is 0.335 e. The Kier molecular flexibility index (Phi) is 5.31. The van der Waals surface area contributed by atoms with Crippen molar-refractivity contribution >= 4 is 21.7 Å². The molecule has 0 saturated carbocycles. The van der Waals surface area contributed by atoms with Gasteiger partial charge in [-0.05, 0) is 30.7 Å². The number of hydrogen-bond acceptors (Lipinski definition) is 4. The molecule has 19 heavy (non-hydrogen) atoms. The van der Waals surface area contributed by atoms with Crippen LogP contribution in [0.25, 0.3) is 0 Å². The zero-order chi connectivity index (χ0) is 14.5. The van der Waals surface area contributed by atoms with E-state index in [4.69, 9.17) is 9.84 Å². The Morgan fingerprint density at radius 2 is 1.89 bits per heavy atom. The second-order valence-corrected chi connectivity index (χ2v) is 6.10. The van der Waals surface area contributed by atoms with Crippen LogP contribution >= 0.6 is 0 Å². The van der Waals surface area contributed by atoms with Crippen molar-refractivity contribution in [2.75, 3.05) is 30.8 Å². The first-order valence-corrected chi connectivity index (χ1v) is 7.28. The van der Waals surface area contributed by atoms with E-state index in [1.807, 2.05) is 0 Å². The molecule has 0 bridgehead atoms. The molecule has 0 radical (unpaired) electrons. The van der Waals surface area contributed by atoms with Crippen LogP contribution in [0.5, 0.6) is 0 Å². The van der Waals surface area contributed by atoms with Gasteiger partial charge in [0.2, 0.25) is 10.0 Å². The van der Waals surface area contributed by atoms with Crippen molar-refractivity contribution in [3.8, 4) is 0 Å². The first-order valence-electron chi connectivity index (χ1n) is 5.67. The molecule has 1 N–H and O–H groups in total. The average molecular weight is 287 g/mol. The topological polar surface area (TPSA) is 83.9 Å². The lowest BCUT2D eigenvalue weighted by atomic mass is 10.2. The van der Waals surface area contributed by atoms with E-state index in [9.17, 15) is 13.2 Å². The molecule has 0 spiro atoms. The van der Waals surface area contributed by atoms with Crippen LogP contribution in [-0.2, 0) is 14.8 Å². The van der Waals surface area contributed by atoms with Crippen LogP contribution < -0.4 is 4.31 Å². The highest BCUT2D eigenvalue weighted by Gasteiger charge is 2.18. The van der Waals surface area contributed by atoms with Gasteiger partial charge in [-0.3, -0.25) is 4.31 Å². The minimum Gasteiger partial charge on any atom is -0.478 e. The maximum absolute atomic E-state index is 12.0. The summed E-state index contributed by atoms with van der Waals surface area (Å²) in [5.74, 6) is -1.06. The normalized spacial score (nSPS) is 11.3. The zero-order valence-electron chi connectivity index (χ0n) is 10.9. The van der Waals surface area contributed by atoms with E-state index in [-0.39, 0.29) is 11.3 Å². The van der Waals surface area contributed by atoms with Gasteiger partial charge in [-0.1, -0.05) is 0 Å². The van der Waals surface area contributed by atoms with Gasteiger partial charge in [-0.25, -0.2) is 13.2 Å². The number of carbonyl (C=O) groups is 1. The second-order valence-electron chi connectivity index (χ2n) is 3.98. The number of benzene rings is 1. The van der Waals surface area contributed by atoms with Gasteiger partial charge < -0.3 is 9.84 Å². The molecular weight excluding hydrogens is 270 g/mol. The molecule has 0 fully saturated rings. The number of rotatable bonds is 7. The lowest BCUT2D eigenvalue weighted by Gasteiger charge is -2.19. The van der Waals surface area contributed by atoms with Crippen molar-refractivity contribution in [3.05, 3.63) is 29.8 Å². The van der Waals surface area contributed by atoms with Crippen LogP contribution in [-0.4, -0.2) is 46.0 Å². The molecule has 0 amide bonds. The molecule has 1 aromatic rings. The Hall–Kier alpha value is -1.60. The van der Waals surface area contributed by atoms with Crippen molar-refractivity contribution in [3.63, 3.8) is 0 Å². The number of carboxylic acid groups (broad SMARTS) is 1. The summed E-state index contributed by atoms with van der Waals surface area (Å²) in [6.07, 6.45) is 0.413. The molecule has 106 valence electrons. The number of methoxy groups -OCH3 is 1. The minimum absolute atomic E-state index is 0.0159. The van der Waals surface area contributed by atoms with Gasteiger partial charge in [0.05, 0.1) is 17.0 Å². The number of carboxylic acids is 1. The van der Waals surface area contributed by atoms with E-state index in [0.717, 1.165) is 4.31 Å². The van der Waals surface area contributed by atoms with Crippen LogP contribution in [0, 0.1) is 0 Å². The monoisotopic (exact) mass is 287 g/mol. The minimum atomic E-state index is -3.41. The molecule has 1 aromatic carbocycles. The third kappa shape index (κ3) is 4.22. The Morgan fingerprint density at radius 1 is 1.32 bits per heavy atom. The Morgan fingerprint density at radius 3 is 2.37 bits per heavy atom. The molecule has 0 saturated heterocycles. The van der Waals surface area contributed by atoms with E-state index < -0.39 is 16.0 Å². The molecular formula is C12H17NO5S. The largest absolute Gasteiger partial charge is 0.478 e. The lowest BCUT2D eigenvalue weighted by Crippen LogP contribution is -2.29. The maximum Gasteiger partial charge on any atom is 0.335 e. The van der Waals surface area contributed by atoms with Gasteiger partial charge in [0.25, 0.3) is 0 Å². The van der Waals surface area contributed by atoms with Gasteiger partial charge >= 0.3 is 5.97 Å². The predicted molar refractivity (Wildman–Crippen MR) is 72.1 cm³/mol. The number of aromatic carboxylic acids is 1. The highest BCUT2D eigenvalue weighted by Crippen LogP contribution is 2.17. The first-order chi connectivity index (χ1) is 8.88. The van der Waals surface area contributed by atoms with Crippen molar-refractivity contribution in [2.45, 2.75) is 6.42 Å². The number of nitrogens with zero attached hydrogens (tertiary/aromatic N) is 1. The molecule has 0 aliphatic carbocycles. The summed E-state index contributed by atoms with van der Waals surface area (Å²) in [6, 6.07) is 5.69. The van der Waals surface area contributed by atoms with Crippen molar-refractivity contribution < 1.29 is 23.1 Å². The maximum atomic E-state index is 12.0. The number of anilines is 1. The van der Waals surface area contributed by atoms with Gasteiger partial charge in [0, 0.05) is 20.8 Å². The van der Waals surface area contributed by atoms with Crippen LogP contribution in [0.2, 0.25) is 0 Å². The summed E-state index contributed by atoms with van der Waals surface area (Å²) in [4.78, 5) is 10.7. The quantitative estimate of drug-likeness (QED) is 0.761. The highest BCUT2D eigenvalue weighted by atomic mass is 32.2. The SMILES string of the molecule is COCCCS(=O)(=O)N(C)c1ccc(C(=O)O)cc1. The summed E-state index contributed by atoms with van der Waals surface area (Å²) >= 11 is 0. The van der Waals surface area contributed by atoms with Crippen LogP contribution in [0.1, 0.15) is 16.8 Å². The van der Waals surface area contributed by atoms with E-state index in [1.54, 1.807) is 0 Å². The molecule has 7 heteroatoms. The van der Waals surface area contributed by atoms with Gasteiger partial charge in [-0.15, -0.1) is 0 Å². The summed E-state index contributed by atoms with van der Waals surface area (Å²) < 4.78 is 29.9. The van der Waals surface area contributed by atoms with E-state index in [1.165, 1.54) is 38.4 Å². The standard InChI is InChI=1S/C12H17NO5S/c1-13(19(16,17)9-3-8-18-2)11-6-4-10(5-7-11)12(14)15/h4-7H,3,8-9H2,1-2H3,(H,14,15). The molecule has 6 nitrogen and oxygen atoms in total. The Labute approximate surface area is 112 Å². The second kappa shape index (κ2) is 6.53. The molecule has 0 unspecified atom stereocenters. The van der Waals surface area contributed by atoms with E-state index in [2.05, 4.69) is 0 Å². The molecule has 0 atom stereocenters. The van der Waals surface area contributed by atoms with E-state index in [0.29, 0.717) is 18.7 Å². The summed E-state index contributed by atoms with van der Waals surface area (Å²) in [5, 5.41) is 8.77. The Bertz CT molecular complexity index is 524. The third-order valence-electron chi connectivity index (χ3n) is 2.65. The summed E-state index contributed by atoms with van der Waals surface area (Å²) in [7, 11) is -0.456. The van der Waals surface area contributed by atoms with Gasteiger partial charge in [0.1, 0.15) is 0 Å². The fourth-order valence-corrected chi connectivity index (χ4v) is 2.70. The van der Waals surface area contributed by atoms with Crippen LogP contribution in [0.15, 0.2) is 24.3 Å². The molecule has 0 aromatic heterocycles. The molecule has 0 heterocycles. The fraction of sp³-hybridized carbons (Fsp3) is 0.417. The lowest BCUT2D eigenvalue weighted by molar-refractivity contribution is 0.0697. The number of sulfonamides is 1. The van der Waals surface area contributed by atoms with Crippen molar-refractivity contribution in [1.82, 2.24) is 0 Å². The Balaban J connectivity index is 2.81. The highest BCUT2D eigenvalue weighted by molar-refractivity contribution is 7.92. The average Bonchev–Trinajstić information content (AvgIpc) is 2.38. The van der Waals surface area contributed by atoms with Gasteiger partial charge in [-0.2, -0.15) is 0 Å². The van der Waals surface area contributed by atoms with Crippen molar-refractivity contribution in [1.29, 1.82) is 0 Å². The number of ether oxygens (including phenoxy) is 1. The predicted octanol–water partition coefficient (Wildman–Crippen LogP) is 1.19. The molecule has 0 aliphatic rings. The third-order valence-corrected chi connectivity index (χ3v) is 4.50. The molecule has 1 rings (SSSR count). The fourth-order valence-electron chi connectivity index (χ4n) is 1.50. The number of hydrogen-bond donors (Lipinski definition) is 1. The summed E-state index contributed by atoms with van der Waals surface area (Å²) in [5.41, 5.74) is 0.552. The first kappa shape index (κ1) is 15.5. The van der Waals surface area contributed by atoms with Crippen LogP contribution in [0.3, 0.4) is 0 Å².